The first-order valence-electron chi connectivity index (χ1n) is 13.3. The lowest BCUT2D eigenvalue weighted by Crippen LogP contribution is -2.68. The van der Waals surface area contributed by atoms with Crippen LogP contribution in [0, 0.1) is 0 Å². The van der Waals surface area contributed by atoms with E-state index in [1.807, 2.05) is 0 Å². The van der Waals surface area contributed by atoms with Crippen LogP contribution in [0.25, 0.3) is 0 Å². The summed E-state index contributed by atoms with van der Waals surface area (Å²) < 4.78 is 36.5. The molecule has 46 heavy (non-hydrogen) atoms. The summed E-state index contributed by atoms with van der Waals surface area (Å²) in [4.78, 5) is 64.2. The predicted octanol–water partition coefficient (Wildman–Crippen LogP) is 0.778. The predicted molar refractivity (Wildman–Crippen MR) is 156 cm³/mol. The van der Waals surface area contributed by atoms with Gasteiger partial charge in [0.1, 0.15) is 25.3 Å². The van der Waals surface area contributed by atoms with Crippen molar-refractivity contribution >= 4 is 40.2 Å². The Labute approximate surface area is 261 Å². The lowest BCUT2D eigenvalue weighted by atomic mass is 10.1. The van der Waals surface area contributed by atoms with Crippen LogP contribution in [0.2, 0.25) is 0 Å². The molecule has 0 aromatic heterocycles. The smallest absolute Gasteiger partial charge is 0.408 e. The van der Waals surface area contributed by atoms with Crippen molar-refractivity contribution < 1.29 is 52.1 Å². The van der Waals surface area contributed by atoms with Gasteiger partial charge in [-0.1, -0.05) is 66.7 Å². The molecule has 242 valence electrons. The van der Waals surface area contributed by atoms with Gasteiger partial charge in [0.2, 0.25) is 0 Å². The number of nitrogens with zero attached hydrogens (tertiary/aromatic N) is 1. The van der Waals surface area contributed by atoms with Crippen LogP contribution < -0.4 is 25.6 Å². The summed E-state index contributed by atoms with van der Waals surface area (Å²) >= 11 is 0. The van der Waals surface area contributed by atoms with E-state index in [9.17, 15) is 42.6 Å². The maximum Gasteiger partial charge on any atom is 0.408 e. The normalized spacial score (nSPS) is 14.7. The number of hydrogen-bond acceptors (Lipinski definition) is 11. The largest absolute Gasteiger partial charge is 0.504 e. The number of hydrazine groups is 1. The molecule has 0 spiro atoms. The first-order valence-corrected chi connectivity index (χ1v) is 14.8. The number of likely N-dealkylation sites (tertiary alicyclic amines) is 1. The Hall–Kier alpha value is -5.88. The summed E-state index contributed by atoms with van der Waals surface area (Å²) in [6.45, 7) is -0.595. The van der Waals surface area contributed by atoms with Gasteiger partial charge in [-0.05, 0) is 28.8 Å². The van der Waals surface area contributed by atoms with Crippen molar-refractivity contribution in [2.24, 2.45) is 0 Å². The molecule has 2 atom stereocenters. The Balaban J connectivity index is 1.29. The number of nitrogens with one attached hydrogen (secondary N) is 5. The number of benzene rings is 3. The van der Waals surface area contributed by atoms with E-state index in [2.05, 4.69) is 10.6 Å². The van der Waals surface area contributed by atoms with Crippen molar-refractivity contribution in [1.82, 2.24) is 30.5 Å². The second-order valence-corrected chi connectivity index (χ2v) is 11.0. The molecule has 4 rings (SSSR count). The summed E-state index contributed by atoms with van der Waals surface area (Å²) in [7, 11) is -4.83. The molecule has 1 heterocycles. The fourth-order valence-corrected chi connectivity index (χ4v) is 4.54. The van der Waals surface area contributed by atoms with Gasteiger partial charge in [0, 0.05) is 0 Å². The monoisotopic (exact) mass is 656 g/mol. The molecule has 17 nitrogen and oxygen atoms in total. The number of β-lactam (4-membered cyclic amide) rings is 1. The van der Waals surface area contributed by atoms with Crippen LogP contribution in [-0.2, 0) is 42.5 Å². The molecule has 7 N–H and O–H groups in total. The van der Waals surface area contributed by atoms with Gasteiger partial charge in [-0.3, -0.25) is 19.9 Å². The molecule has 3 aromatic rings. The zero-order chi connectivity index (χ0) is 33.3. The molecular weight excluding hydrogens is 628 g/mol. The molecule has 0 saturated carbocycles. The zero-order valence-corrected chi connectivity index (χ0v) is 24.5. The highest BCUT2D eigenvalue weighted by atomic mass is 32.2. The minimum atomic E-state index is -4.83. The van der Waals surface area contributed by atoms with Gasteiger partial charge in [0.15, 0.2) is 11.5 Å². The topological polar surface area (TPSA) is 242 Å². The molecule has 1 saturated heterocycles. The van der Waals surface area contributed by atoms with E-state index >= 15 is 0 Å². The second-order valence-electron chi connectivity index (χ2n) is 9.60. The van der Waals surface area contributed by atoms with Gasteiger partial charge >= 0.3 is 28.4 Å². The summed E-state index contributed by atoms with van der Waals surface area (Å²) in [5.74, 6) is -3.28. The minimum absolute atomic E-state index is 0.0629. The molecule has 18 heteroatoms. The Kier molecular flexibility index (Phi) is 10.6. The second kappa shape index (κ2) is 14.7. The summed E-state index contributed by atoms with van der Waals surface area (Å²) in [5.41, 5.74) is 3.06. The van der Waals surface area contributed by atoms with Crippen LogP contribution in [0.3, 0.4) is 0 Å². The van der Waals surface area contributed by atoms with Gasteiger partial charge in [0.05, 0.1) is 6.54 Å². The number of alkyl carbamates (subject to hydrolysis) is 2. The Morgan fingerprint density at radius 3 is 2.00 bits per heavy atom. The van der Waals surface area contributed by atoms with Gasteiger partial charge in [-0.2, -0.15) is 8.42 Å². The lowest BCUT2D eigenvalue weighted by molar-refractivity contribution is -0.139. The highest BCUT2D eigenvalue weighted by molar-refractivity contribution is 7.88. The van der Waals surface area contributed by atoms with Crippen molar-refractivity contribution in [1.29, 1.82) is 0 Å². The third kappa shape index (κ3) is 9.07. The standard InChI is InChI=1S/C28H28N6O11S/c35-21-12-11-19(13-22(21)36)23(30-28(41)45-16-18-9-5-2-6-10-18)24(37)31-33-46(42,43)32-26(39)34-14-20(25(34)38)29-27(40)44-15-17-7-3-1-4-8-17/h1-13,20,23,33,35-36H,14-16H2,(H,29,40)(H,30,41)(H,31,37)(H,32,39)/t20-,23?/m0/s1. The number of rotatable bonds is 11. The van der Waals surface area contributed by atoms with Crippen molar-refractivity contribution in [3.05, 3.63) is 95.6 Å². The lowest BCUT2D eigenvalue weighted by Gasteiger charge is -2.36. The number of aromatic hydroxyl groups is 2. The maximum absolute atomic E-state index is 12.9. The number of amides is 6. The number of phenolic OH excluding ortho intramolecular Hbond substituents is 2. The highest BCUT2D eigenvalue weighted by Gasteiger charge is 2.43. The average molecular weight is 657 g/mol. The molecule has 1 aliphatic heterocycles. The van der Waals surface area contributed by atoms with Crippen molar-refractivity contribution in [3.63, 3.8) is 0 Å². The summed E-state index contributed by atoms with van der Waals surface area (Å²) in [6, 6.07) is 16.2. The van der Waals surface area contributed by atoms with E-state index in [1.165, 1.54) is 10.8 Å². The molecule has 1 aliphatic rings. The number of carbonyl (C=O) groups excluding carboxylic acids is 5. The molecule has 3 aromatic carbocycles. The molecule has 0 radical (unpaired) electrons. The van der Waals surface area contributed by atoms with E-state index in [4.69, 9.17) is 9.47 Å². The molecular formula is C28H28N6O11S. The zero-order valence-electron chi connectivity index (χ0n) is 23.7. The maximum atomic E-state index is 12.9. The Morgan fingerprint density at radius 2 is 1.43 bits per heavy atom. The van der Waals surface area contributed by atoms with E-state index in [0.29, 0.717) is 16.0 Å². The van der Waals surface area contributed by atoms with Crippen molar-refractivity contribution in [3.8, 4) is 11.5 Å². The van der Waals surface area contributed by atoms with Crippen LogP contribution in [0.15, 0.2) is 78.9 Å². The number of imide groups is 1. The molecule has 1 fully saturated rings. The fourth-order valence-electron chi connectivity index (χ4n) is 3.91. The van der Waals surface area contributed by atoms with Crippen LogP contribution >= 0.6 is 0 Å². The fraction of sp³-hybridized carbons (Fsp3) is 0.179. The quantitative estimate of drug-likeness (QED) is 0.0864. The average Bonchev–Trinajstić information content (AvgIpc) is 3.04. The van der Waals surface area contributed by atoms with Crippen molar-refractivity contribution in [2.75, 3.05) is 6.54 Å². The molecule has 1 unspecified atom stereocenters. The first kappa shape index (κ1) is 33.0. The first-order chi connectivity index (χ1) is 21.9. The van der Waals surface area contributed by atoms with Crippen LogP contribution in [0.5, 0.6) is 11.5 Å². The van der Waals surface area contributed by atoms with Gasteiger partial charge < -0.3 is 30.3 Å². The van der Waals surface area contributed by atoms with Gasteiger partial charge in [-0.25, -0.2) is 19.1 Å². The van der Waals surface area contributed by atoms with Crippen LogP contribution in [-0.4, -0.2) is 66.1 Å². The molecule has 0 aliphatic carbocycles. The van der Waals surface area contributed by atoms with Crippen LogP contribution in [0.1, 0.15) is 22.7 Å². The van der Waals surface area contributed by atoms with Crippen LogP contribution in [0.4, 0.5) is 14.4 Å². The van der Waals surface area contributed by atoms with E-state index in [0.717, 1.165) is 12.1 Å². The number of carbonyl (C=O) groups is 5. The van der Waals surface area contributed by atoms with E-state index in [-0.39, 0.29) is 25.3 Å². The number of ether oxygens (including phenoxy) is 2. The third-order valence-electron chi connectivity index (χ3n) is 6.28. The molecule has 0 bridgehead atoms. The number of urea groups is 1. The Bertz CT molecular complexity index is 1710. The van der Waals surface area contributed by atoms with E-state index < -0.39 is 63.8 Å². The van der Waals surface area contributed by atoms with Crippen molar-refractivity contribution in [2.45, 2.75) is 25.3 Å². The van der Waals surface area contributed by atoms with Gasteiger partial charge in [0.25, 0.3) is 11.8 Å². The Morgan fingerprint density at radius 1 is 0.848 bits per heavy atom. The summed E-state index contributed by atoms with van der Waals surface area (Å²) in [6.07, 6.45) is -2.01. The molecule has 6 amide bonds. The summed E-state index contributed by atoms with van der Waals surface area (Å²) in [5, 5.41) is 24.0. The highest BCUT2D eigenvalue weighted by Crippen LogP contribution is 2.28. The number of hydrogen-bond donors (Lipinski definition) is 7. The SMILES string of the molecule is O=C(NC(C(=O)NNS(=O)(=O)NC(=O)N1C[C@H](NC(=O)OCc2ccccc2)C1=O)c1ccc(O)c(O)c1)OCc1ccccc1. The van der Waals surface area contributed by atoms with E-state index in [1.54, 1.807) is 70.9 Å². The minimum Gasteiger partial charge on any atom is -0.504 e. The third-order valence-corrected chi connectivity index (χ3v) is 7.09. The van der Waals surface area contributed by atoms with Gasteiger partial charge in [-0.15, -0.1) is 4.83 Å². The number of phenols is 2.